The van der Waals surface area contributed by atoms with E-state index in [2.05, 4.69) is 10.2 Å². The summed E-state index contributed by atoms with van der Waals surface area (Å²) in [4.78, 5) is 13.3. The fourth-order valence-electron chi connectivity index (χ4n) is 2.17. The van der Waals surface area contributed by atoms with Crippen molar-refractivity contribution in [3.05, 3.63) is 23.8 Å². The van der Waals surface area contributed by atoms with Gasteiger partial charge in [-0.05, 0) is 32.1 Å². The number of anilines is 2. The summed E-state index contributed by atoms with van der Waals surface area (Å²) in [5.74, 6) is -0.953. The number of carboxylic acid groups (broad SMARTS) is 1. The van der Waals surface area contributed by atoms with Crippen molar-refractivity contribution >= 4 is 17.3 Å². The lowest BCUT2D eigenvalue weighted by atomic mass is 10.1. The van der Waals surface area contributed by atoms with Crippen molar-refractivity contribution in [3.63, 3.8) is 0 Å². The number of likely N-dealkylation sites (tertiary alicyclic amines) is 1. The van der Waals surface area contributed by atoms with Crippen molar-refractivity contribution in [2.75, 3.05) is 31.2 Å². The molecule has 92 valence electrons. The first-order valence-corrected chi connectivity index (χ1v) is 5.65. The minimum absolute atomic E-state index is 0.236. The predicted molar refractivity (Wildman–Crippen MR) is 67.3 cm³/mol. The van der Waals surface area contributed by atoms with Gasteiger partial charge in [-0.2, -0.15) is 0 Å². The van der Waals surface area contributed by atoms with Gasteiger partial charge in [0.15, 0.2) is 0 Å². The number of hydrogen-bond acceptors (Lipinski definition) is 4. The quantitative estimate of drug-likeness (QED) is 0.683. The van der Waals surface area contributed by atoms with Crippen LogP contribution in [-0.2, 0) is 0 Å². The van der Waals surface area contributed by atoms with Gasteiger partial charge < -0.3 is 21.1 Å². The van der Waals surface area contributed by atoms with Crippen LogP contribution in [0.2, 0.25) is 0 Å². The van der Waals surface area contributed by atoms with Gasteiger partial charge in [0.2, 0.25) is 0 Å². The van der Waals surface area contributed by atoms with Crippen LogP contribution in [0.4, 0.5) is 11.4 Å². The number of nitrogens with zero attached hydrogens (tertiary/aromatic N) is 1. The monoisotopic (exact) mass is 235 g/mol. The lowest BCUT2D eigenvalue weighted by Crippen LogP contribution is -2.25. The van der Waals surface area contributed by atoms with Gasteiger partial charge in [0, 0.05) is 12.6 Å². The Labute approximate surface area is 100 Å². The molecular formula is C12H17N3O2. The maximum Gasteiger partial charge on any atom is 0.337 e. The number of carboxylic acids is 1. The second-order valence-corrected chi connectivity index (χ2v) is 4.47. The zero-order chi connectivity index (χ0) is 12.4. The van der Waals surface area contributed by atoms with Crippen molar-refractivity contribution in [1.82, 2.24) is 4.90 Å². The zero-order valence-corrected chi connectivity index (χ0v) is 9.81. The molecule has 1 aliphatic heterocycles. The number of benzene rings is 1. The molecule has 0 aliphatic carbocycles. The summed E-state index contributed by atoms with van der Waals surface area (Å²) in [7, 11) is 2.05. The molecule has 5 nitrogen and oxygen atoms in total. The summed E-state index contributed by atoms with van der Waals surface area (Å²) >= 11 is 0. The average Bonchev–Trinajstić information content (AvgIpc) is 2.67. The van der Waals surface area contributed by atoms with Crippen LogP contribution in [-0.4, -0.2) is 42.2 Å². The van der Waals surface area contributed by atoms with Crippen molar-refractivity contribution in [3.8, 4) is 0 Å². The Kier molecular flexibility index (Phi) is 3.19. The molecule has 0 aromatic heterocycles. The molecule has 17 heavy (non-hydrogen) atoms. The summed E-state index contributed by atoms with van der Waals surface area (Å²) in [6, 6.07) is 5.21. The van der Waals surface area contributed by atoms with Crippen LogP contribution >= 0.6 is 0 Å². The second kappa shape index (κ2) is 4.63. The Morgan fingerprint density at radius 2 is 2.35 bits per heavy atom. The van der Waals surface area contributed by atoms with E-state index in [1.54, 1.807) is 18.2 Å². The molecule has 2 rings (SSSR count). The van der Waals surface area contributed by atoms with Crippen molar-refractivity contribution < 1.29 is 9.90 Å². The number of aromatic carboxylic acids is 1. The minimum Gasteiger partial charge on any atom is -0.478 e. The summed E-state index contributed by atoms with van der Waals surface area (Å²) in [5, 5.41) is 12.4. The van der Waals surface area contributed by atoms with Gasteiger partial charge in [0.05, 0.1) is 16.9 Å². The van der Waals surface area contributed by atoms with E-state index in [0.717, 1.165) is 19.5 Å². The van der Waals surface area contributed by atoms with E-state index in [9.17, 15) is 4.79 Å². The molecular weight excluding hydrogens is 218 g/mol. The van der Waals surface area contributed by atoms with Crippen LogP contribution in [0.5, 0.6) is 0 Å². The maximum atomic E-state index is 11.1. The third-order valence-corrected chi connectivity index (χ3v) is 3.07. The lowest BCUT2D eigenvalue weighted by Gasteiger charge is -2.17. The topological polar surface area (TPSA) is 78.6 Å². The Morgan fingerprint density at radius 3 is 2.94 bits per heavy atom. The first kappa shape index (κ1) is 11.7. The molecule has 1 aromatic rings. The van der Waals surface area contributed by atoms with Crippen LogP contribution in [0.15, 0.2) is 18.2 Å². The number of likely N-dealkylation sites (N-methyl/N-ethyl adjacent to an activating group) is 1. The normalized spacial score (nSPS) is 20.4. The Balaban J connectivity index is 2.22. The Bertz CT molecular complexity index is 434. The highest BCUT2D eigenvalue weighted by Gasteiger charge is 2.22. The standard InChI is InChI=1S/C12H17N3O2/c1-15-6-5-8(7-15)14-11-9(12(16)17)3-2-4-10(11)13/h2-4,8,14H,5-7,13H2,1H3,(H,16,17). The van der Waals surface area contributed by atoms with Crippen molar-refractivity contribution in [1.29, 1.82) is 0 Å². The molecule has 1 heterocycles. The molecule has 0 amide bonds. The molecule has 1 atom stereocenters. The van der Waals surface area contributed by atoms with Crippen molar-refractivity contribution in [2.45, 2.75) is 12.5 Å². The number of hydrogen-bond donors (Lipinski definition) is 3. The van der Waals surface area contributed by atoms with Crippen LogP contribution < -0.4 is 11.1 Å². The second-order valence-electron chi connectivity index (χ2n) is 4.47. The van der Waals surface area contributed by atoms with E-state index in [0.29, 0.717) is 11.4 Å². The number of carbonyl (C=O) groups is 1. The maximum absolute atomic E-state index is 11.1. The molecule has 4 N–H and O–H groups in total. The van der Waals surface area contributed by atoms with E-state index < -0.39 is 5.97 Å². The fourth-order valence-corrected chi connectivity index (χ4v) is 2.17. The zero-order valence-electron chi connectivity index (χ0n) is 9.81. The molecule has 0 spiro atoms. The first-order valence-electron chi connectivity index (χ1n) is 5.65. The molecule has 1 saturated heterocycles. The summed E-state index contributed by atoms with van der Waals surface area (Å²) in [6.45, 7) is 1.93. The average molecular weight is 235 g/mol. The predicted octanol–water partition coefficient (Wildman–Crippen LogP) is 1.08. The third-order valence-electron chi connectivity index (χ3n) is 3.07. The summed E-state index contributed by atoms with van der Waals surface area (Å²) in [6.07, 6.45) is 1.00. The first-order chi connectivity index (χ1) is 8.08. The van der Waals surface area contributed by atoms with Gasteiger partial charge in [0.25, 0.3) is 0 Å². The smallest absolute Gasteiger partial charge is 0.337 e. The molecule has 1 aliphatic rings. The number of rotatable bonds is 3. The fraction of sp³-hybridized carbons (Fsp3) is 0.417. The van der Waals surface area contributed by atoms with Gasteiger partial charge in [0.1, 0.15) is 0 Å². The molecule has 1 unspecified atom stereocenters. The van der Waals surface area contributed by atoms with E-state index >= 15 is 0 Å². The minimum atomic E-state index is -0.953. The Hall–Kier alpha value is -1.75. The highest BCUT2D eigenvalue weighted by molar-refractivity contribution is 5.97. The van der Waals surface area contributed by atoms with Crippen molar-refractivity contribution in [2.24, 2.45) is 0 Å². The van der Waals surface area contributed by atoms with Crippen LogP contribution in [0.25, 0.3) is 0 Å². The molecule has 0 radical (unpaired) electrons. The highest BCUT2D eigenvalue weighted by Crippen LogP contribution is 2.26. The molecule has 0 saturated carbocycles. The summed E-state index contributed by atoms with van der Waals surface area (Å²) in [5.41, 5.74) is 7.10. The molecule has 0 bridgehead atoms. The van der Waals surface area contributed by atoms with Gasteiger partial charge in [-0.1, -0.05) is 6.07 Å². The summed E-state index contributed by atoms with van der Waals surface area (Å²) < 4.78 is 0. The number of nitrogens with two attached hydrogens (primary N) is 1. The Morgan fingerprint density at radius 1 is 1.59 bits per heavy atom. The lowest BCUT2D eigenvalue weighted by molar-refractivity contribution is 0.0698. The molecule has 1 fully saturated rings. The number of nitrogen functional groups attached to an aromatic ring is 1. The van der Waals surface area contributed by atoms with E-state index in [4.69, 9.17) is 10.8 Å². The van der Waals surface area contributed by atoms with Gasteiger partial charge >= 0.3 is 5.97 Å². The van der Waals surface area contributed by atoms with Gasteiger partial charge in [-0.25, -0.2) is 4.79 Å². The SMILES string of the molecule is CN1CCC(Nc2c(N)cccc2C(=O)O)C1. The largest absolute Gasteiger partial charge is 0.478 e. The molecule has 5 heteroatoms. The van der Waals surface area contributed by atoms with Crippen LogP contribution in [0.1, 0.15) is 16.8 Å². The number of nitrogens with one attached hydrogen (secondary N) is 1. The number of para-hydroxylation sites is 1. The van der Waals surface area contributed by atoms with Gasteiger partial charge in [-0.3, -0.25) is 0 Å². The van der Waals surface area contributed by atoms with Crippen LogP contribution in [0.3, 0.4) is 0 Å². The van der Waals surface area contributed by atoms with E-state index in [1.165, 1.54) is 0 Å². The third kappa shape index (κ3) is 2.50. The van der Waals surface area contributed by atoms with Gasteiger partial charge in [-0.15, -0.1) is 0 Å². The van der Waals surface area contributed by atoms with E-state index in [-0.39, 0.29) is 11.6 Å². The van der Waals surface area contributed by atoms with E-state index in [1.807, 2.05) is 7.05 Å². The molecule has 1 aromatic carbocycles. The van der Waals surface area contributed by atoms with Crippen LogP contribution in [0, 0.1) is 0 Å². The highest BCUT2D eigenvalue weighted by atomic mass is 16.4.